The van der Waals surface area contributed by atoms with Gasteiger partial charge in [-0.15, -0.1) is 12.4 Å². The zero-order valence-corrected chi connectivity index (χ0v) is 17.8. The number of anilines is 1. The van der Waals surface area contributed by atoms with Crippen LogP contribution in [0.4, 0.5) is 19.1 Å². The van der Waals surface area contributed by atoms with Crippen LogP contribution in [0.1, 0.15) is 62.6 Å². The predicted octanol–water partition coefficient (Wildman–Crippen LogP) is 4.25. The Morgan fingerprint density at radius 1 is 1.07 bits per heavy atom. The monoisotopic (exact) mass is 446 g/mol. The number of piperidine rings is 1. The summed E-state index contributed by atoms with van der Waals surface area (Å²) >= 11 is 0. The van der Waals surface area contributed by atoms with Crippen LogP contribution in [0.3, 0.4) is 0 Å². The molecule has 0 atom stereocenters. The fraction of sp³-hybridized carbons (Fsp3) is 0.810. The molecule has 1 aromatic rings. The highest BCUT2D eigenvalue weighted by molar-refractivity contribution is 5.85. The summed E-state index contributed by atoms with van der Waals surface area (Å²) in [6.07, 6.45) is 4.59. The molecule has 4 aliphatic carbocycles. The maximum absolute atomic E-state index is 13.8. The van der Waals surface area contributed by atoms with E-state index in [1.54, 1.807) is 0 Å². The van der Waals surface area contributed by atoms with E-state index in [0.29, 0.717) is 43.7 Å². The van der Waals surface area contributed by atoms with Gasteiger partial charge in [-0.2, -0.15) is 13.2 Å². The SMILES string of the molecule is Cl.OC1CCN(Cc2cnc(NC34CC5CC(CC(C5)C3)C4)nc2C(F)(F)F)CC1. The lowest BCUT2D eigenvalue weighted by Gasteiger charge is -2.56. The summed E-state index contributed by atoms with van der Waals surface area (Å²) in [7, 11) is 0. The molecule has 0 unspecified atom stereocenters. The lowest BCUT2D eigenvalue weighted by atomic mass is 9.53. The van der Waals surface area contributed by atoms with E-state index in [9.17, 15) is 18.3 Å². The number of aliphatic hydroxyl groups excluding tert-OH is 1. The molecule has 0 spiro atoms. The van der Waals surface area contributed by atoms with Gasteiger partial charge in [-0.25, -0.2) is 9.97 Å². The number of likely N-dealkylation sites (tertiary alicyclic amines) is 1. The molecule has 0 radical (unpaired) electrons. The van der Waals surface area contributed by atoms with Crippen LogP contribution in [0.5, 0.6) is 0 Å². The highest BCUT2D eigenvalue weighted by Gasteiger charge is 2.51. The second kappa shape index (κ2) is 8.10. The molecule has 0 amide bonds. The summed E-state index contributed by atoms with van der Waals surface area (Å²) in [4.78, 5) is 10.2. The number of aromatic nitrogens is 2. The molecule has 168 valence electrons. The average Bonchev–Trinajstić information content (AvgIpc) is 2.62. The minimum Gasteiger partial charge on any atom is -0.393 e. The van der Waals surface area contributed by atoms with Crippen LogP contribution in [0, 0.1) is 17.8 Å². The van der Waals surface area contributed by atoms with Crippen molar-refractivity contribution in [1.29, 1.82) is 0 Å². The normalized spacial score (nSPS) is 34.1. The number of hydrogen-bond donors (Lipinski definition) is 2. The molecule has 1 aliphatic heterocycles. The zero-order chi connectivity index (χ0) is 20.2. The van der Waals surface area contributed by atoms with Gasteiger partial charge in [0.1, 0.15) is 0 Å². The molecule has 1 aromatic heterocycles. The van der Waals surface area contributed by atoms with E-state index < -0.39 is 11.9 Å². The molecule has 4 saturated carbocycles. The fourth-order valence-corrected chi connectivity index (χ4v) is 6.65. The summed E-state index contributed by atoms with van der Waals surface area (Å²) < 4.78 is 41.3. The molecular weight excluding hydrogens is 417 g/mol. The second-order valence-corrected chi connectivity index (χ2v) is 9.90. The smallest absolute Gasteiger partial charge is 0.393 e. The molecule has 5 nitrogen and oxygen atoms in total. The third-order valence-electron chi connectivity index (χ3n) is 7.50. The van der Waals surface area contributed by atoms with Crippen molar-refractivity contribution in [2.24, 2.45) is 17.8 Å². The molecule has 0 aromatic carbocycles. The zero-order valence-electron chi connectivity index (χ0n) is 17.0. The van der Waals surface area contributed by atoms with Crippen molar-refractivity contribution in [2.45, 2.75) is 75.7 Å². The Hall–Kier alpha value is -1.12. The van der Waals surface area contributed by atoms with E-state index in [0.717, 1.165) is 19.3 Å². The van der Waals surface area contributed by atoms with Gasteiger partial charge in [0.2, 0.25) is 5.95 Å². The number of hydrogen-bond acceptors (Lipinski definition) is 5. The molecule has 1 saturated heterocycles. The second-order valence-electron chi connectivity index (χ2n) is 9.90. The number of rotatable bonds is 4. The summed E-state index contributed by atoms with van der Waals surface area (Å²) in [6, 6.07) is 0. The van der Waals surface area contributed by atoms with Gasteiger partial charge < -0.3 is 10.4 Å². The third-order valence-corrected chi connectivity index (χ3v) is 7.50. The van der Waals surface area contributed by atoms with E-state index in [1.807, 2.05) is 4.90 Å². The maximum atomic E-state index is 13.8. The topological polar surface area (TPSA) is 61.3 Å². The van der Waals surface area contributed by atoms with E-state index in [1.165, 1.54) is 25.5 Å². The summed E-state index contributed by atoms with van der Waals surface area (Å²) in [5.41, 5.74) is -0.835. The number of alkyl halides is 3. The Morgan fingerprint density at radius 3 is 2.17 bits per heavy atom. The van der Waals surface area contributed by atoms with Crippen molar-refractivity contribution in [3.05, 3.63) is 17.5 Å². The molecule has 9 heteroatoms. The lowest BCUT2D eigenvalue weighted by molar-refractivity contribution is -0.142. The summed E-state index contributed by atoms with van der Waals surface area (Å²) in [5, 5.41) is 13.0. The quantitative estimate of drug-likeness (QED) is 0.723. The highest BCUT2D eigenvalue weighted by Crippen LogP contribution is 2.56. The van der Waals surface area contributed by atoms with Crippen LogP contribution in [0.2, 0.25) is 0 Å². The van der Waals surface area contributed by atoms with E-state index in [2.05, 4.69) is 15.3 Å². The minimum absolute atomic E-state index is 0. The van der Waals surface area contributed by atoms with Crippen molar-refractivity contribution in [3.63, 3.8) is 0 Å². The Balaban J connectivity index is 0.00000218. The molecular formula is C21H30ClF3N4O. The van der Waals surface area contributed by atoms with Gasteiger partial charge in [-0.05, 0) is 69.1 Å². The Kier molecular flexibility index (Phi) is 5.96. The van der Waals surface area contributed by atoms with Crippen LogP contribution < -0.4 is 5.32 Å². The molecule has 2 heterocycles. The highest BCUT2D eigenvalue weighted by atomic mass is 35.5. The number of nitrogens with zero attached hydrogens (tertiary/aromatic N) is 3. The Labute approximate surface area is 181 Å². The van der Waals surface area contributed by atoms with Crippen molar-refractivity contribution in [2.75, 3.05) is 18.4 Å². The van der Waals surface area contributed by atoms with Crippen molar-refractivity contribution < 1.29 is 18.3 Å². The summed E-state index contributed by atoms with van der Waals surface area (Å²) in [6.45, 7) is 1.34. The third kappa shape index (κ3) is 4.41. The molecule has 5 aliphatic rings. The number of nitrogens with one attached hydrogen (secondary N) is 1. The molecule has 6 rings (SSSR count). The van der Waals surface area contributed by atoms with Crippen molar-refractivity contribution >= 4 is 18.4 Å². The first-order chi connectivity index (χ1) is 13.8. The Bertz CT molecular complexity index is 732. The summed E-state index contributed by atoms with van der Waals surface area (Å²) in [5.74, 6) is 2.22. The average molecular weight is 447 g/mol. The van der Waals surface area contributed by atoms with Gasteiger partial charge in [0.05, 0.1) is 6.10 Å². The maximum Gasteiger partial charge on any atom is 0.433 e. The lowest BCUT2D eigenvalue weighted by Crippen LogP contribution is -2.55. The van der Waals surface area contributed by atoms with Crippen molar-refractivity contribution in [1.82, 2.24) is 14.9 Å². The Morgan fingerprint density at radius 2 is 1.63 bits per heavy atom. The van der Waals surface area contributed by atoms with Gasteiger partial charge >= 0.3 is 6.18 Å². The molecule has 4 bridgehead atoms. The van der Waals surface area contributed by atoms with E-state index >= 15 is 0 Å². The van der Waals surface area contributed by atoms with E-state index in [-0.39, 0.29) is 42.1 Å². The molecule has 5 fully saturated rings. The van der Waals surface area contributed by atoms with Crippen LogP contribution >= 0.6 is 12.4 Å². The minimum atomic E-state index is -4.51. The first kappa shape index (κ1) is 22.1. The van der Waals surface area contributed by atoms with Gasteiger partial charge in [0.25, 0.3) is 0 Å². The number of aliphatic hydroxyl groups is 1. The number of halogens is 4. The predicted molar refractivity (Wildman–Crippen MR) is 109 cm³/mol. The van der Waals surface area contributed by atoms with Gasteiger partial charge in [0.15, 0.2) is 5.69 Å². The van der Waals surface area contributed by atoms with E-state index in [4.69, 9.17) is 0 Å². The first-order valence-electron chi connectivity index (χ1n) is 10.9. The first-order valence-corrected chi connectivity index (χ1v) is 10.9. The van der Waals surface area contributed by atoms with Gasteiger partial charge in [-0.3, -0.25) is 4.90 Å². The standard InChI is InChI=1S/C21H29F3N4O.ClH/c22-21(23,24)18-16(12-28-3-1-17(29)2-4-28)11-25-19(26-18)27-20-8-13-5-14(9-20)7-15(6-13)10-20;/h11,13-15,17,29H,1-10,12H2,(H,25,26,27);1H. The van der Waals surface area contributed by atoms with Crippen LogP contribution in [0.25, 0.3) is 0 Å². The molecule has 2 N–H and O–H groups in total. The van der Waals surface area contributed by atoms with Crippen LogP contribution in [-0.4, -0.2) is 44.7 Å². The van der Waals surface area contributed by atoms with Crippen LogP contribution in [0.15, 0.2) is 6.20 Å². The van der Waals surface area contributed by atoms with Gasteiger partial charge in [-0.1, -0.05) is 0 Å². The van der Waals surface area contributed by atoms with Crippen LogP contribution in [-0.2, 0) is 12.7 Å². The largest absolute Gasteiger partial charge is 0.433 e. The van der Waals surface area contributed by atoms with Gasteiger partial charge in [0, 0.05) is 36.9 Å². The molecule has 30 heavy (non-hydrogen) atoms. The van der Waals surface area contributed by atoms with Crippen molar-refractivity contribution in [3.8, 4) is 0 Å². The fourth-order valence-electron chi connectivity index (χ4n) is 6.65.